The molecule has 0 amide bonds. The summed E-state index contributed by atoms with van der Waals surface area (Å²) >= 11 is 0. The number of benzene rings is 11. The average molecular weight is 1350 g/mol. The van der Waals surface area contributed by atoms with E-state index in [-0.39, 0.29) is 58.2 Å². The molecule has 0 saturated carbocycles. The van der Waals surface area contributed by atoms with Gasteiger partial charge in [-0.3, -0.25) is 0 Å². The van der Waals surface area contributed by atoms with E-state index < -0.39 is 0 Å². The molecule has 21 rings (SSSR count). The average Bonchev–Trinajstić information content (AvgIpc) is 1.40. The minimum absolute atomic E-state index is 0.0679. The molecule has 6 aliphatic carbocycles. The molecule has 6 aliphatic rings. The molecule has 4 bridgehead atoms. The van der Waals surface area contributed by atoms with Gasteiger partial charge in [-0.2, -0.15) is 5.26 Å². The summed E-state index contributed by atoms with van der Waals surface area (Å²) in [7, 11) is 0. The molecular weight excluding hydrogens is 1260 g/mol. The molecule has 4 nitrogen and oxygen atoms in total. The molecule has 11 aromatic carbocycles. The first kappa shape index (κ1) is 64.8. The van der Waals surface area contributed by atoms with Gasteiger partial charge in [0.25, 0.3) is 0 Å². The standard InChI is InChI=1S/C100H94N4/c1-49(2)55-36-67(51(5)6)82(68(37-55)52(7)8)57-40-73-71-45-81-72(44-80(71)103-95(73)75(42-57)89-91-85-61-30-22-20-28-59(61)84(60-29-21-23-31-62(60)85)88(91)79(48-101)77(97(89)103)46-99(13,14)15)74-41-58(83-69(53(9)10)38-56(50(3)4)39-70(83)54(11)12)43-76-90-92-86-63-32-24-26-34-65(63)87(66-35-27-25-33-64(66)86)93(92)94(102-19)78(47-100(16,17)18)98(90)104(81)96(74)76/h20-45,49-54,84-87H,46-47H2,1-18H3. The van der Waals surface area contributed by atoms with Gasteiger partial charge in [0, 0.05) is 72.3 Å². The van der Waals surface area contributed by atoms with E-state index in [0.29, 0.717) is 11.8 Å². The summed E-state index contributed by atoms with van der Waals surface area (Å²) in [6, 6.07) is 65.7. The van der Waals surface area contributed by atoms with E-state index in [9.17, 15) is 11.8 Å². The Hall–Kier alpha value is -10.0. The second-order valence-electron chi connectivity index (χ2n) is 36.2. The van der Waals surface area contributed by atoms with Crippen molar-refractivity contribution in [1.29, 1.82) is 5.26 Å². The van der Waals surface area contributed by atoms with Crippen LogP contribution in [0.2, 0.25) is 0 Å². The van der Waals surface area contributed by atoms with Gasteiger partial charge in [0.15, 0.2) is 5.69 Å². The minimum Gasteiger partial charge on any atom is -0.309 e. The molecule has 0 saturated heterocycles. The highest BCUT2D eigenvalue weighted by atomic mass is 14.9. The highest BCUT2D eigenvalue weighted by Gasteiger charge is 2.48. The SMILES string of the molecule is [C-]#[N+]c1c2c(c3c4cc(-c5c(C(C)C)cc(C(C)C)cc5C(C)C)cc5c6cc7c(cc6n(c3c1CC(C)(C)C)c54)c1cc(-c3c(C(C)C)cc(C(C)C)cc3C(C)C)cc3c4c5c(c(C#N)c(CC(C)(C)C)c4n7c13)C1c3ccccc3C5c3ccccc31)C1c3ccccc3C2c2ccccc21. The highest BCUT2D eigenvalue weighted by Crippen LogP contribution is 2.65. The predicted octanol–water partition coefficient (Wildman–Crippen LogP) is 27.6. The van der Waals surface area contributed by atoms with Crippen molar-refractivity contribution >= 4 is 81.9 Å². The van der Waals surface area contributed by atoms with E-state index >= 15 is 0 Å². The van der Waals surface area contributed by atoms with E-state index in [4.69, 9.17) is 4.85 Å². The molecule has 0 spiro atoms. The summed E-state index contributed by atoms with van der Waals surface area (Å²) < 4.78 is 5.40. The molecular formula is C100H94N4. The van der Waals surface area contributed by atoms with Crippen molar-refractivity contribution in [3.05, 3.63) is 286 Å². The van der Waals surface area contributed by atoms with Gasteiger partial charge in [0.2, 0.25) is 0 Å². The normalized spacial score (nSPS) is 16.8. The van der Waals surface area contributed by atoms with Crippen LogP contribution >= 0.6 is 0 Å². The number of fused-ring (bicyclic) bond motifs is 12. The van der Waals surface area contributed by atoms with E-state index in [2.05, 4.69) is 297 Å². The highest BCUT2D eigenvalue weighted by molar-refractivity contribution is 6.32. The van der Waals surface area contributed by atoms with Gasteiger partial charge in [-0.15, -0.1) is 0 Å². The van der Waals surface area contributed by atoms with Gasteiger partial charge >= 0.3 is 0 Å². The van der Waals surface area contributed by atoms with E-state index in [1.807, 2.05) is 0 Å². The molecule has 104 heavy (non-hydrogen) atoms. The summed E-state index contributed by atoms with van der Waals surface area (Å²) in [6.45, 7) is 52.5. The molecule has 4 aromatic heterocycles. The third-order valence-electron chi connectivity index (χ3n) is 25.2. The first-order valence-corrected chi connectivity index (χ1v) is 38.9. The molecule has 0 atom stereocenters. The number of aromatic nitrogens is 2. The van der Waals surface area contributed by atoms with E-state index in [1.165, 1.54) is 199 Å². The first-order chi connectivity index (χ1) is 49.8. The maximum atomic E-state index is 12.4. The minimum atomic E-state index is -0.178. The van der Waals surface area contributed by atoms with Crippen LogP contribution in [-0.2, 0) is 12.8 Å². The fourth-order valence-electron chi connectivity index (χ4n) is 21.1. The van der Waals surface area contributed by atoms with Gasteiger partial charge in [0.05, 0.1) is 45.8 Å². The van der Waals surface area contributed by atoms with Crippen LogP contribution in [0, 0.1) is 28.7 Å². The van der Waals surface area contributed by atoms with Crippen molar-refractivity contribution in [2.45, 2.75) is 197 Å². The Labute approximate surface area is 613 Å². The summed E-state index contributed by atoms with van der Waals surface area (Å²) in [5, 5.41) is 22.4. The van der Waals surface area contributed by atoms with E-state index in [0.717, 1.165) is 35.2 Å². The van der Waals surface area contributed by atoms with Crippen LogP contribution in [0.15, 0.2) is 158 Å². The van der Waals surface area contributed by atoms with Crippen LogP contribution in [0.4, 0.5) is 5.69 Å². The lowest BCUT2D eigenvalue weighted by Crippen LogP contribution is -2.29. The van der Waals surface area contributed by atoms with Crippen LogP contribution in [-0.4, -0.2) is 8.80 Å². The lowest BCUT2D eigenvalue weighted by Gasteiger charge is -2.44. The Kier molecular flexibility index (Phi) is 13.9. The fraction of sp³-hybridized carbons (Fsp3) is 0.320. The molecule has 514 valence electrons. The molecule has 0 N–H and O–H groups in total. The Morgan fingerprint density at radius 3 is 1.00 bits per heavy atom. The van der Waals surface area contributed by atoms with E-state index in [1.54, 1.807) is 0 Å². The van der Waals surface area contributed by atoms with Crippen molar-refractivity contribution in [3.63, 3.8) is 0 Å². The third kappa shape index (κ3) is 8.70. The van der Waals surface area contributed by atoms with Crippen LogP contribution in [0.3, 0.4) is 0 Å². The number of nitrogens with zero attached hydrogens (tertiary/aromatic N) is 4. The first-order valence-electron chi connectivity index (χ1n) is 38.9. The Bertz CT molecular complexity index is 5830. The molecule has 0 fully saturated rings. The third-order valence-corrected chi connectivity index (χ3v) is 25.2. The summed E-state index contributed by atoms with van der Waals surface area (Å²) in [5.41, 5.74) is 40.1. The topological polar surface area (TPSA) is 37.0 Å². The van der Waals surface area contributed by atoms with Gasteiger partial charge in [-0.1, -0.05) is 246 Å². The van der Waals surface area contributed by atoms with Gasteiger partial charge in [-0.05, 0) is 229 Å². The zero-order valence-electron chi connectivity index (χ0n) is 64.0. The molecule has 0 aliphatic heterocycles. The largest absolute Gasteiger partial charge is 0.309 e. The van der Waals surface area contributed by atoms with Gasteiger partial charge in [0.1, 0.15) is 0 Å². The Morgan fingerprint density at radius 2 is 0.683 bits per heavy atom. The van der Waals surface area contributed by atoms with Crippen LogP contribution < -0.4 is 0 Å². The number of rotatable bonds is 10. The summed E-state index contributed by atoms with van der Waals surface area (Å²) in [6.07, 6.45) is 1.45. The second kappa shape index (κ2) is 22.3. The lowest BCUT2D eigenvalue weighted by atomic mass is 9.59. The molecule has 4 heteroatoms. The fourth-order valence-corrected chi connectivity index (χ4v) is 21.1. The Morgan fingerprint density at radius 1 is 0.375 bits per heavy atom. The summed E-state index contributed by atoms with van der Waals surface area (Å²) in [4.78, 5) is 4.90. The number of hydrogen-bond acceptors (Lipinski definition) is 1. The maximum absolute atomic E-state index is 12.4. The maximum Gasteiger partial charge on any atom is 0.196 e. The quantitative estimate of drug-likeness (QED) is 0.126. The number of nitriles is 1. The van der Waals surface area contributed by atoms with Crippen LogP contribution in [0.25, 0.3) is 103 Å². The molecule has 0 radical (unpaired) electrons. The second-order valence-corrected chi connectivity index (χ2v) is 36.2. The number of hydrogen-bond donors (Lipinski definition) is 0. The molecule has 15 aromatic rings. The molecule has 0 unspecified atom stereocenters. The van der Waals surface area contributed by atoms with Gasteiger partial charge in [-0.25, -0.2) is 4.85 Å². The predicted molar refractivity (Wildman–Crippen MR) is 438 cm³/mol. The van der Waals surface area contributed by atoms with Crippen molar-refractivity contribution in [3.8, 4) is 28.3 Å². The lowest BCUT2D eigenvalue weighted by molar-refractivity contribution is 0.411. The van der Waals surface area contributed by atoms with Crippen molar-refractivity contribution in [2.75, 3.05) is 0 Å². The van der Waals surface area contributed by atoms with Crippen LogP contribution in [0.5, 0.6) is 0 Å². The van der Waals surface area contributed by atoms with Crippen LogP contribution in [0.1, 0.15) is 301 Å². The summed E-state index contributed by atoms with van der Waals surface area (Å²) in [5.74, 6) is 1.46. The smallest absolute Gasteiger partial charge is 0.196 e. The van der Waals surface area contributed by atoms with Crippen molar-refractivity contribution < 1.29 is 0 Å². The molecule has 4 heterocycles. The van der Waals surface area contributed by atoms with Gasteiger partial charge < -0.3 is 8.80 Å². The van der Waals surface area contributed by atoms with Crippen molar-refractivity contribution in [1.82, 2.24) is 8.80 Å². The monoisotopic (exact) mass is 1350 g/mol. The zero-order valence-corrected chi connectivity index (χ0v) is 64.0. The zero-order chi connectivity index (χ0) is 72.2. The van der Waals surface area contributed by atoms with Crippen molar-refractivity contribution in [2.24, 2.45) is 10.8 Å². The Balaban J connectivity index is 1.06.